The molecule has 0 bridgehead atoms. The fourth-order valence-corrected chi connectivity index (χ4v) is 6.85. The number of likely N-dealkylation sites (tertiary alicyclic amines) is 1. The van der Waals surface area contributed by atoms with Crippen LogP contribution in [0.15, 0.2) is 40.9 Å². The van der Waals surface area contributed by atoms with Crippen LogP contribution < -0.4 is 15.4 Å². The first-order valence-corrected chi connectivity index (χ1v) is 17.5. The lowest BCUT2D eigenvalue weighted by atomic mass is 9.91. The molecule has 2 amide bonds. The Bertz CT molecular complexity index is 1410. The fourth-order valence-electron chi connectivity index (χ4n) is 5.57. The molecule has 0 spiro atoms. The first-order chi connectivity index (χ1) is 20.4. The van der Waals surface area contributed by atoms with Gasteiger partial charge >= 0.3 is 0 Å². The lowest BCUT2D eigenvalue weighted by Crippen LogP contribution is -2.53. The number of halogens is 3. The molecule has 2 fully saturated rings. The van der Waals surface area contributed by atoms with Crippen LogP contribution >= 0.6 is 27.5 Å². The average molecular weight is 702 g/mol. The number of amides is 2. The molecule has 2 heterocycles. The van der Waals surface area contributed by atoms with Gasteiger partial charge in [-0.25, -0.2) is 17.5 Å². The van der Waals surface area contributed by atoms with Crippen LogP contribution in [0, 0.1) is 18.7 Å². The third-order valence-corrected chi connectivity index (χ3v) is 9.63. The summed E-state index contributed by atoms with van der Waals surface area (Å²) in [4.78, 5) is 28.9. The summed E-state index contributed by atoms with van der Waals surface area (Å²) in [6.07, 6.45) is 3.57. The number of nitrogens with zero attached hydrogens (tertiary/aromatic N) is 1. The second-order valence-electron chi connectivity index (χ2n) is 11.4. The second kappa shape index (κ2) is 15.3. The van der Waals surface area contributed by atoms with E-state index in [0.717, 1.165) is 43.3 Å². The van der Waals surface area contributed by atoms with Gasteiger partial charge in [-0.2, -0.15) is 0 Å². The fraction of sp³-hybridized carbons (Fsp3) is 0.533. The molecule has 13 heteroatoms. The van der Waals surface area contributed by atoms with Gasteiger partial charge < -0.3 is 20.3 Å². The van der Waals surface area contributed by atoms with Crippen molar-refractivity contribution in [2.24, 2.45) is 5.92 Å². The minimum Gasteiger partial charge on any atom is -0.371 e. The largest absolute Gasteiger partial charge is 0.371 e. The Morgan fingerprint density at radius 3 is 2.63 bits per heavy atom. The Hall–Kier alpha value is -2.09. The molecular weight excluding hydrogens is 663 g/mol. The van der Waals surface area contributed by atoms with Gasteiger partial charge in [0.15, 0.2) is 0 Å². The van der Waals surface area contributed by atoms with Gasteiger partial charge in [-0.05, 0) is 80.9 Å². The topological polar surface area (TPSA) is 117 Å². The highest BCUT2D eigenvalue weighted by Gasteiger charge is 2.42. The highest BCUT2D eigenvalue weighted by atomic mass is 79.9. The Morgan fingerprint density at radius 1 is 1.21 bits per heavy atom. The van der Waals surface area contributed by atoms with Gasteiger partial charge in [0.2, 0.25) is 21.8 Å². The van der Waals surface area contributed by atoms with Crippen LogP contribution in [0.3, 0.4) is 0 Å². The molecule has 9 nitrogen and oxygen atoms in total. The van der Waals surface area contributed by atoms with E-state index < -0.39 is 39.9 Å². The summed E-state index contributed by atoms with van der Waals surface area (Å²) in [6.45, 7) is 3.90. The van der Waals surface area contributed by atoms with E-state index in [9.17, 15) is 22.4 Å². The van der Waals surface area contributed by atoms with Gasteiger partial charge in [0, 0.05) is 34.6 Å². The van der Waals surface area contributed by atoms with Gasteiger partial charge in [0.05, 0.1) is 19.0 Å². The Kier molecular flexibility index (Phi) is 12.0. The molecule has 2 aromatic carbocycles. The van der Waals surface area contributed by atoms with Crippen LogP contribution in [-0.4, -0.2) is 69.2 Å². The minimum absolute atomic E-state index is 0.0389. The zero-order chi connectivity index (χ0) is 31.1. The number of hydrogen-bond donors (Lipinski definition) is 3. The number of aryl methyl sites for hydroxylation is 1. The summed E-state index contributed by atoms with van der Waals surface area (Å²) >= 11 is 9.49. The molecule has 2 aromatic rings. The van der Waals surface area contributed by atoms with Gasteiger partial charge in [-0.3, -0.25) is 9.59 Å². The van der Waals surface area contributed by atoms with Gasteiger partial charge in [-0.15, -0.1) is 0 Å². The Morgan fingerprint density at radius 2 is 1.95 bits per heavy atom. The van der Waals surface area contributed by atoms with Crippen LogP contribution in [0.1, 0.15) is 48.8 Å². The predicted molar refractivity (Wildman–Crippen MR) is 167 cm³/mol. The molecule has 2 saturated heterocycles. The molecule has 2 aliphatic heterocycles. The molecule has 3 atom stereocenters. The van der Waals surface area contributed by atoms with E-state index in [1.807, 2.05) is 19.1 Å². The molecular formula is C30H39BrClFN4O5S. The van der Waals surface area contributed by atoms with Crippen molar-refractivity contribution in [3.05, 3.63) is 68.4 Å². The highest BCUT2D eigenvalue weighted by Crippen LogP contribution is 2.26. The molecule has 4 rings (SSSR count). The number of benzene rings is 2. The van der Waals surface area contributed by atoms with Gasteiger partial charge in [0.25, 0.3) is 0 Å². The van der Waals surface area contributed by atoms with Crippen molar-refractivity contribution >= 4 is 49.4 Å². The molecule has 3 N–H and O–H groups in total. The van der Waals surface area contributed by atoms with Crippen LogP contribution in [0.5, 0.6) is 0 Å². The Balaban J connectivity index is 1.50. The maximum Gasteiger partial charge on any atom is 0.243 e. The van der Waals surface area contributed by atoms with Crippen LogP contribution in [-0.2, 0) is 37.5 Å². The Labute approximate surface area is 266 Å². The first-order valence-electron chi connectivity index (χ1n) is 14.5. The SMILES string of the molecule is Cc1ccc(CNC(=O)[C@H]2C[C@@H](OCc3ccc(Br)cc3F)CN2C(=O)[C@@H](CCC2CCNCC2)NS(C)(=O)=O)cc1Cl. The standard InChI is InChI=1S/C30H39BrClFN4O5S/c1-19-3-4-21(13-25(19)32)16-35-29(38)28-15-24(42-18-22-6-7-23(31)14-26(22)33)17-37(28)30(39)27(36-43(2,40)41)8-5-20-9-11-34-12-10-20/h3-4,6-7,13-14,20,24,27-28,34,36H,5,8-12,15-18H2,1-2H3,(H,35,38)/t24-,27-,28-/m1/s1. The van der Waals surface area contributed by atoms with Crippen molar-refractivity contribution in [2.75, 3.05) is 25.9 Å². The van der Waals surface area contributed by atoms with Crippen LogP contribution in [0.2, 0.25) is 5.02 Å². The van der Waals surface area contributed by atoms with Crippen molar-refractivity contribution in [1.82, 2.24) is 20.3 Å². The molecule has 236 valence electrons. The molecule has 0 saturated carbocycles. The number of piperidine rings is 1. The predicted octanol–water partition coefficient (Wildman–Crippen LogP) is 4.05. The van der Waals surface area contributed by atoms with Crippen LogP contribution in [0.25, 0.3) is 0 Å². The zero-order valence-corrected chi connectivity index (χ0v) is 27.5. The van der Waals surface area contributed by atoms with E-state index in [2.05, 4.69) is 31.3 Å². The number of carbonyl (C=O) groups excluding carboxylic acids is 2. The van der Waals surface area contributed by atoms with E-state index in [1.165, 1.54) is 11.0 Å². The lowest BCUT2D eigenvalue weighted by molar-refractivity contribution is -0.140. The molecule has 0 unspecified atom stereocenters. The summed E-state index contributed by atoms with van der Waals surface area (Å²) in [5.74, 6) is -0.906. The summed E-state index contributed by atoms with van der Waals surface area (Å²) in [5, 5.41) is 6.79. The normalized spacial score (nSPS) is 20.3. The van der Waals surface area contributed by atoms with Crippen molar-refractivity contribution in [3.8, 4) is 0 Å². The van der Waals surface area contributed by atoms with E-state index in [-0.39, 0.29) is 32.0 Å². The summed E-state index contributed by atoms with van der Waals surface area (Å²) in [6, 6.07) is 8.27. The maximum atomic E-state index is 14.4. The van der Waals surface area contributed by atoms with Crippen molar-refractivity contribution in [2.45, 2.75) is 70.4 Å². The third kappa shape index (κ3) is 9.95. The number of hydrogen-bond acceptors (Lipinski definition) is 6. The van der Waals surface area contributed by atoms with Crippen molar-refractivity contribution in [1.29, 1.82) is 0 Å². The quantitative estimate of drug-likeness (QED) is 0.308. The highest BCUT2D eigenvalue weighted by molar-refractivity contribution is 9.10. The number of carbonyl (C=O) groups is 2. The van der Waals surface area contributed by atoms with Crippen LogP contribution in [0.4, 0.5) is 4.39 Å². The van der Waals surface area contributed by atoms with Crippen molar-refractivity contribution in [3.63, 3.8) is 0 Å². The minimum atomic E-state index is -3.71. The second-order valence-corrected chi connectivity index (χ2v) is 14.5. The zero-order valence-electron chi connectivity index (χ0n) is 24.4. The first kappa shape index (κ1) is 33.8. The maximum absolute atomic E-state index is 14.4. The molecule has 0 radical (unpaired) electrons. The summed E-state index contributed by atoms with van der Waals surface area (Å²) < 4.78 is 48.1. The number of sulfonamides is 1. The molecule has 0 aliphatic carbocycles. The molecule has 0 aromatic heterocycles. The number of nitrogens with one attached hydrogen (secondary N) is 3. The number of ether oxygens (including phenoxy) is 1. The smallest absolute Gasteiger partial charge is 0.243 e. The van der Waals surface area contributed by atoms with E-state index in [1.54, 1.807) is 18.2 Å². The average Bonchev–Trinajstić information content (AvgIpc) is 3.39. The van der Waals surface area contributed by atoms with E-state index >= 15 is 0 Å². The summed E-state index contributed by atoms with van der Waals surface area (Å²) in [5.41, 5.74) is 2.07. The summed E-state index contributed by atoms with van der Waals surface area (Å²) in [7, 11) is -3.71. The lowest BCUT2D eigenvalue weighted by Gasteiger charge is -2.30. The van der Waals surface area contributed by atoms with Gasteiger partial charge in [-0.1, -0.05) is 45.7 Å². The third-order valence-electron chi connectivity index (χ3n) is 8.02. The van der Waals surface area contributed by atoms with Crippen molar-refractivity contribution < 1.29 is 27.1 Å². The molecule has 2 aliphatic rings. The van der Waals surface area contributed by atoms with E-state index in [4.69, 9.17) is 16.3 Å². The molecule has 43 heavy (non-hydrogen) atoms. The van der Waals surface area contributed by atoms with Gasteiger partial charge in [0.1, 0.15) is 17.9 Å². The van der Waals surface area contributed by atoms with E-state index in [0.29, 0.717) is 33.8 Å². The number of rotatable bonds is 12. The monoisotopic (exact) mass is 700 g/mol.